The number of imide groups is 1. The summed E-state index contributed by atoms with van der Waals surface area (Å²) in [6.45, 7) is 0. The molecular weight excluding hydrogens is 423 g/mol. The third-order valence-corrected chi connectivity index (χ3v) is 6.73. The van der Waals surface area contributed by atoms with E-state index in [0.29, 0.717) is 0 Å². The Morgan fingerprint density at radius 3 is 1.94 bits per heavy atom. The van der Waals surface area contributed by atoms with E-state index in [9.17, 15) is 18.8 Å². The zero-order chi connectivity index (χ0) is 23.2. The van der Waals surface area contributed by atoms with Crippen LogP contribution in [0, 0.1) is 17.7 Å². The molecule has 2 aliphatic heterocycles. The van der Waals surface area contributed by atoms with Crippen molar-refractivity contribution in [1.29, 1.82) is 0 Å². The summed E-state index contributed by atoms with van der Waals surface area (Å²) >= 11 is 0. The van der Waals surface area contributed by atoms with Crippen molar-refractivity contribution in [2.75, 3.05) is 12.0 Å². The van der Waals surface area contributed by atoms with Crippen LogP contribution in [0.25, 0.3) is 0 Å². The molecule has 7 heteroatoms. The Labute approximate surface area is 190 Å². The highest BCUT2D eigenvalue weighted by Gasteiger charge is 2.72. The number of methoxy groups -OCH3 is 1. The van der Waals surface area contributed by atoms with Crippen LogP contribution in [0.1, 0.15) is 11.1 Å². The van der Waals surface area contributed by atoms with Crippen LogP contribution in [0.5, 0.6) is 0 Å². The first kappa shape index (κ1) is 21.0. The predicted octanol–water partition coefficient (Wildman–Crippen LogP) is 1.99. The van der Waals surface area contributed by atoms with Gasteiger partial charge in [-0.3, -0.25) is 9.59 Å². The highest BCUT2D eigenvalue weighted by molar-refractivity contribution is 6.23. The van der Waals surface area contributed by atoms with E-state index in [1.165, 1.54) is 31.4 Å². The Balaban J connectivity index is 1.74. The normalized spacial score (nSPS) is 23.5. The van der Waals surface area contributed by atoms with Crippen LogP contribution in [0.15, 0.2) is 84.9 Å². The van der Waals surface area contributed by atoms with Crippen LogP contribution < -0.4 is 10.2 Å². The minimum absolute atomic E-state index is 0.277. The second-order valence-electron chi connectivity index (χ2n) is 8.31. The number of nitrogens with two attached hydrogens (primary N) is 1. The molecule has 0 aromatic heterocycles. The van der Waals surface area contributed by atoms with E-state index in [2.05, 4.69) is 0 Å². The molecule has 6 nitrogen and oxygen atoms in total. The van der Waals surface area contributed by atoms with Gasteiger partial charge < -0.3 is 10.1 Å². The number of amides is 2. The Morgan fingerprint density at radius 1 is 0.879 bits per heavy atom. The zero-order valence-electron chi connectivity index (χ0n) is 17.9. The van der Waals surface area contributed by atoms with Gasteiger partial charge in [0, 0.05) is 11.1 Å². The minimum atomic E-state index is -1.02. The number of benzene rings is 3. The van der Waals surface area contributed by atoms with Crippen molar-refractivity contribution in [3.05, 3.63) is 102 Å². The van der Waals surface area contributed by atoms with Crippen LogP contribution in [0.2, 0.25) is 0 Å². The van der Waals surface area contributed by atoms with E-state index in [4.69, 9.17) is 4.74 Å². The number of carbonyl (C=O) groups excluding carboxylic acids is 3. The summed E-state index contributed by atoms with van der Waals surface area (Å²) in [6.07, 6.45) is 0. The van der Waals surface area contributed by atoms with Crippen molar-refractivity contribution in [2.24, 2.45) is 11.8 Å². The van der Waals surface area contributed by atoms with Gasteiger partial charge in [-0.2, -0.15) is 0 Å². The van der Waals surface area contributed by atoms with Gasteiger partial charge in [-0.1, -0.05) is 60.7 Å². The van der Waals surface area contributed by atoms with Crippen LogP contribution >= 0.6 is 0 Å². The van der Waals surface area contributed by atoms with Crippen molar-refractivity contribution < 1.29 is 28.8 Å². The summed E-state index contributed by atoms with van der Waals surface area (Å²) in [7, 11) is 1.27. The number of anilines is 1. The quantitative estimate of drug-likeness (QED) is 0.492. The topological polar surface area (TPSA) is 80.3 Å². The SMILES string of the molecule is COC(=O)[C@H]1[NH2+]C(c2ccccc2)(c2ccccc2)[C@@H]2C(=O)N(c3ccc(F)cc3)C(=O)[C@@H]12. The molecule has 2 saturated heterocycles. The first-order valence-corrected chi connectivity index (χ1v) is 10.7. The first-order valence-electron chi connectivity index (χ1n) is 10.7. The molecule has 5 rings (SSSR count). The van der Waals surface area contributed by atoms with Gasteiger partial charge >= 0.3 is 5.97 Å². The summed E-state index contributed by atoms with van der Waals surface area (Å²) in [5.41, 5.74) is 0.868. The third kappa shape index (κ3) is 3.08. The molecule has 2 fully saturated rings. The predicted molar refractivity (Wildman–Crippen MR) is 117 cm³/mol. The number of carbonyl (C=O) groups is 3. The number of fused-ring (bicyclic) bond motifs is 1. The molecule has 2 N–H and O–H groups in total. The number of halogens is 1. The number of rotatable bonds is 4. The second kappa shape index (κ2) is 7.94. The number of hydrogen-bond acceptors (Lipinski definition) is 4. The lowest BCUT2D eigenvalue weighted by molar-refractivity contribution is -0.729. The average Bonchev–Trinajstić information content (AvgIpc) is 3.35. The van der Waals surface area contributed by atoms with Gasteiger partial charge in [-0.15, -0.1) is 0 Å². The van der Waals surface area contributed by atoms with Gasteiger partial charge in [-0.05, 0) is 24.3 Å². The molecule has 0 spiro atoms. The number of hydrogen-bond donors (Lipinski definition) is 1. The lowest BCUT2D eigenvalue weighted by Crippen LogP contribution is -2.99. The third-order valence-electron chi connectivity index (χ3n) is 6.73. The monoisotopic (exact) mass is 445 g/mol. The van der Waals surface area contributed by atoms with E-state index < -0.39 is 47.0 Å². The summed E-state index contributed by atoms with van der Waals surface area (Å²) in [5.74, 6) is -3.74. The Bertz CT molecular complexity index is 1170. The lowest BCUT2D eigenvalue weighted by atomic mass is 9.72. The maximum absolute atomic E-state index is 13.9. The molecule has 3 atom stereocenters. The van der Waals surface area contributed by atoms with Gasteiger partial charge in [0.15, 0.2) is 11.6 Å². The molecule has 3 aromatic rings. The fourth-order valence-electron chi connectivity index (χ4n) is 5.36. The van der Waals surface area contributed by atoms with Crippen molar-refractivity contribution in [3.8, 4) is 0 Å². The summed E-state index contributed by atoms with van der Waals surface area (Å²) < 4.78 is 18.6. The Kier molecular flexibility index (Phi) is 5.06. The molecule has 0 radical (unpaired) electrons. The smallest absolute Gasteiger partial charge is 0.365 e. The molecule has 2 heterocycles. The zero-order valence-corrected chi connectivity index (χ0v) is 17.9. The highest BCUT2D eigenvalue weighted by Crippen LogP contribution is 2.48. The van der Waals surface area contributed by atoms with Gasteiger partial charge in [-0.25, -0.2) is 14.1 Å². The molecule has 166 valence electrons. The molecule has 2 aliphatic rings. The van der Waals surface area contributed by atoms with E-state index in [0.717, 1.165) is 16.0 Å². The van der Waals surface area contributed by atoms with Crippen molar-refractivity contribution >= 4 is 23.5 Å². The lowest BCUT2D eigenvalue weighted by Gasteiger charge is -2.32. The fraction of sp³-hybridized carbons (Fsp3) is 0.192. The number of esters is 1. The molecule has 0 aliphatic carbocycles. The Morgan fingerprint density at radius 2 is 1.42 bits per heavy atom. The molecule has 0 bridgehead atoms. The number of nitrogens with zero attached hydrogens (tertiary/aromatic N) is 1. The van der Waals surface area contributed by atoms with Crippen molar-refractivity contribution in [3.63, 3.8) is 0 Å². The van der Waals surface area contributed by atoms with Gasteiger partial charge in [0.05, 0.1) is 12.8 Å². The molecule has 0 unspecified atom stereocenters. The maximum Gasteiger partial charge on any atom is 0.365 e. The average molecular weight is 445 g/mol. The van der Waals surface area contributed by atoms with E-state index >= 15 is 0 Å². The molecule has 33 heavy (non-hydrogen) atoms. The van der Waals surface area contributed by atoms with Crippen LogP contribution in [0.4, 0.5) is 10.1 Å². The molecule has 3 aromatic carbocycles. The van der Waals surface area contributed by atoms with E-state index in [1.54, 1.807) is 5.32 Å². The van der Waals surface area contributed by atoms with E-state index in [1.807, 2.05) is 60.7 Å². The van der Waals surface area contributed by atoms with Gasteiger partial charge in [0.25, 0.3) is 0 Å². The largest absolute Gasteiger partial charge is 0.465 e. The fourth-order valence-corrected chi connectivity index (χ4v) is 5.36. The molecule has 2 amide bonds. The maximum atomic E-state index is 13.9. The number of ether oxygens (including phenoxy) is 1. The van der Waals surface area contributed by atoms with Gasteiger partial charge in [0.1, 0.15) is 17.7 Å². The highest BCUT2D eigenvalue weighted by atomic mass is 19.1. The summed E-state index contributed by atoms with van der Waals surface area (Å²) in [4.78, 5) is 41.5. The van der Waals surface area contributed by atoms with Crippen molar-refractivity contribution in [1.82, 2.24) is 0 Å². The number of quaternary nitrogens is 1. The minimum Gasteiger partial charge on any atom is -0.465 e. The second-order valence-corrected chi connectivity index (χ2v) is 8.31. The standard InChI is InChI=1S/C26H21FN2O4/c1-33-25(32)22-20-21(24(31)29(23(20)30)19-14-12-18(27)13-15-19)26(28-22,16-8-4-2-5-9-16)17-10-6-3-7-11-17/h2-15,20-22,28H,1H3/p+1/t20-,21+,22+/m1/s1. The summed E-state index contributed by atoms with van der Waals surface area (Å²) in [5, 5.41) is 1.80. The first-order chi connectivity index (χ1) is 16.0. The van der Waals surface area contributed by atoms with E-state index in [-0.39, 0.29) is 5.69 Å². The van der Waals surface area contributed by atoms with Crippen molar-refractivity contribution in [2.45, 2.75) is 11.6 Å². The molecule has 0 saturated carbocycles. The Hall–Kier alpha value is -3.84. The molecular formula is C26H22FN2O4+. The van der Waals surface area contributed by atoms with Crippen LogP contribution in [-0.2, 0) is 24.7 Å². The van der Waals surface area contributed by atoms with Crippen LogP contribution in [0.3, 0.4) is 0 Å². The van der Waals surface area contributed by atoms with Gasteiger partial charge in [0.2, 0.25) is 11.8 Å². The van der Waals surface area contributed by atoms with Crippen LogP contribution in [-0.4, -0.2) is 30.9 Å². The summed E-state index contributed by atoms with van der Waals surface area (Å²) in [6, 6.07) is 23.1.